The van der Waals surface area contributed by atoms with Crippen LogP contribution in [0.25, 0.3) is 17.5 Å². The molecule has 0 bridgehead atoms. The number of fused-ring (bicyclic) bond motifs is 1. The number of carbonyl (C=O) groups is 2. The van der Waals surface area contributed by atoms with E-state index in [9.17, 15) is 9.59 Å². The molecular weight excluding hydrogens is 334 g/mol. The Kier molecular flexibility index (Phi) is 3.14. The van der Waals surface area contributed by atoms with Gasteiger partial charge in [0.1, 0.15) is 18.0 Å². The zero-order valence-electron chi connectivity index (χ0n) is 13.7. The fraction of sp³-hybridized carbons (Fsp3) is 0.235. The highest BCUT2D eigenvalue weighted by molar-refractivity contribution is 6.15. The molecular formula is C17H15N7O2. The molecule has 1 saturated carbocycles. The number of nitrogens with zero attached hydrogens (tertiary/aromatic N) is 5. The van der Waals surface area contributed by atoms with E-state index >= 15 is 0 Å². The van der Waals surface area contributed by atoms with Crippen molar-refractivity contribution >= 4 is 29.4 Å². The van der Waals surface area contributed by atoms with Crippen LogP contribution in [0.1, 0.15) is 24.8 Å². The molecule has 0 aromatic carbocycles. The Labute approximate surface area is 147 Å². The monoisotopic (exact) mass is 349 g/mol. The minimum absolute atomic E-state index is 0.0740. The molecule has 2 N–H and O–H groups in total. The first-order valence-corrected chi connectivity index (χ1v) is 8.36. The molecule has 9 heteroatoms. The summed E-state index contributed by atoms with van der Waals surface area (Å²) in [5.74, 6) is 0.875. The minimum Gasteiger partial charge on any atom is -0.367 e. The lowest BCUT2D eigenvalue weighted by Gasteiger charge is -2.10. The Bertz CT molecular complexity index is 1060. The predicted octanol–water partition coefficient (Wildman–Crippen LogP) is 0.919. The number of hydrogen-bond donors (Lipinski definition) is 2. The lowest BCUT2D eigenvalue weighted by Crippen LogP contribution is -2.19. The number of rotatable bonds is 4. The van der Waals surface area contributed by atoms with Crippen LogP contribution in [0.2, 0.25) is 0 Å². The van der Waals surface area contributed by atoms with Crippen LogP contribution in [0.3, 0.4) is 0 Å². The number of imidazole rings is 1. The Hall–Kier alpha value is -3.49. The normalized spacial score (nSPS) is 18.7. The van der Waals surface area contributed by atoms with E-state index in [4.69, 9.17) is 0 Å². The summed E-state index contributed by atoms with van der Waals surface area (Å²) in [5, 5.41) is 10.2. The number of nitrogens with one attached hydrogen (secondary N) is 2. The molecule has 1 aliphatic heterocycles. The molecule has 130 valence electrons. The van der Waals surface area contributed by atoms with Gasteiger partial charge in [-0.3, -0.25) is 19.5 Å². The van der Waals surface area contributed by atoms with E-state index in [1.165, 1.54) is 0 Å². The quantitative estimate of drug-likeness (QED) is 0.536. The molecule has 2 fully saturated rings. The lowest BCUT2D eigenvalue weighted by atomic mass is 10.1. The fourth-order valence-corrected chi connectivity index (χ4v) is 2.94. The summed E-state index contributed by atoms with van der Waals surface area (Å²) in [5.41, 5.74) is 1.71. The Balaban J connectivity index is 1.65. The summed E-state index contributed by atoms with van der Waals surface area (Å²) in [6, 6.07) is 2.36. The number of carbonyl (C=O) groups excluding carboxylic acids is 2. The van der Waals surface area contributed by atoms with Gasteiger partial charge in [-0.1, -0.05) is 0 Å². The SMILES string of the molecule is O=C1CC(=Cc2cnn3c(NC4CC4)cc(-n4ccnc4)nc23)C(=O)N1. The minimum atomic E-state index is -0.364. The van der Waals surface area contributed by atoms with E-state index in [-0.39, 0.29) is 18.2 Å². The van der Waals surface area contributed by atoms with Crippen molar-refractivity contribution < 1.29 is 9.59 Å². The maximum Gasteiger partial charge on any atom is 0.254 e. The van der Waals surface area contributed by atoms with E-state index in [0.717, 1.165) is 18.7 Å². The summed E-state index contributed by atoms with van der Waals surface area (Å²) in [6.07, 6.45) is 10.8. The van der Waals surface area contributed by atoms with E-state index in [1.54, 1.807) is 29.3 Å². The van der Waals surface area contributed by atoms with Gasteiger partial charge in [0.2, 0.25) is 5.91 Å². The molecule has 3 aromatic heterocycles. The molecule has 9 nitrogen and oxygen atoms in total. The maximum atomic E-state index is 11.8. The number of imide groups is 1. The van der Waals surface area contributed by atoms with Crippen molar-refractivity contribution in [2.45, 2.75) is 25.3 Å². The smallest absolute Gasteiger partial charge is 0.254 e. The molecule has 1 saturated heterocycles. The van der Waals surface area contributed by atoms with E-state index in [1.807, 2.05) is 16.8 Å². The van der Waals surface area contributed by atoms with Crippen LogP contribution in [-0.2, 0) is 9.59 Å². The molecule has 2 aliphatic rings. The zero-order valence-corrected chi connectivity index (χ0v) is 13.7. The zero-order chi connectivity index (χ0) is 17.7. The van der Waals surface area contributed by atoms with Crippen LogP contribution in [0, 0.1) is 0 Å². The van der Waals surface area contributed by atoms with E-state index < -0.39 is 0 Å². The van der Waals surface area contributed by atoms with Gasteiger partial charge in [-0.25, -0.2) is 9.97 Å². The van der Waals surface area contributed by atoms with Crippen molar-refractivity contribution in [2.24, 2.45) is 0 Å². The first-order valence-electron chi connectivity index (χ1n) is 8.36. The standard InChI is InChI=1S/C17H15N7O2/c25-15-6-10(17(26)22-15)5-11-8-19-24-14(20-12-1-2-12)7-13(21-16(11)24)23-4-3-18-9-23/h3-5,7-9,12,20H,1-2,6H2,(H,22,25,26). The number of amides is 2. The molecule has 2 amide bonds. The second kappa shape index (κ2) is 5.51. The van der Waals surface area contributed by atoms with Crippen LogP contribution in [-0.4, -0.2) is 42.0 Å². The van der Waals surface area contributed by atoms with Crippen molar-refractivity contribution in [1.29, 1.82) is 0 Å². The fourth-order valence-electron chi connectivity index (χ4n) is 2.94. The van der Waals surface area contributed by atoms with Gasteiger partial charge in [0.05, 0.1) is 12.6 Å². The van der Waals surface area contributed by atoms with Gasteiger partial charge in [0.15, 0.2) is 5.65 Å². The summed E-state index contributed by atoms with van der Waals surface area (Å²) >= 11 is 0. The second-order valence-electron chi connectivity index (χ2n) is 6.45. The third kappa shape index (κ3) is 2.53. The average Bonchev–Trinajstić information content (AvgIpc) is 3.01. The first kappa shape index (κ1) is 14.8. The van der Waals surface area contributed by atoms with Gasteiger partial charge < -0.3 is 5.32 Å². The number of aromatic nitrogens is 5. The molecule has 0 spiro atoms. The highest BCUT2D eigenvalue weighted by Crippen LogP contribution is 2.27. The van der Waals surface area contributed by atoms with E-state index in [0.29, 0.717) is 28.6 Å². The van der Waals surface area contributed by atoms with Gasteiger partial charge in [0, 0.05) is 35.6 Å². The predicted molar refractivity (Wildman–Crippen MR) is 92.5 cm³/mol. The lowest BCUT2D eigenvalue weighted by molar-refractivity contribution is -0.124. The summed E-state index contributed by atoms with van der Waals surface area (Å²) in [7, 11) is 0. The highest BCUT2D eigenvalue weighted by Gasteiger charge is 2.25. The second-order valence-corrected chi connectivity index (χ2v) is 6.45. The topological polar surface area (TPSA) is 106 Å². The van der Waals surface area contributed by atoms with Crippen molar-refractivity contribution in [3.05, 3.63) is 42.1 Å². The van der Waals surface area contributed by atoms with Crippen molar-refractivity contribution in [3.8, 4) is 5.82 Å². The third-order valence-corrected chi connectivity index (χ3v) is 4.41. The molecule has 5 rings (SSSR count). The summed E-state index contributed by atoms with van der Waals surface area (Å²) in [4.78, 5) is 32.0. The molecule has 26 heavy (non-hydrogen) atoms. The summed E-state index contributed by atoms with van der Waals surface area (Å²) < 4.78 is 3.54. The van der Waals surface area contributed by atoms with Gasteiger partial charge in [0.25, 0.3) is 5.91 Å². The van der Waals surface area contributed by atoms with Gasteiger partial charge in [-0.05, 0) is 18.9 Å². The molecule has 0 atom stereocenters. The van der Waals surface area contributed by atoms with Gasteiger partial charge in [-0.2, -0.15) is 9.61 Å². The number of anilines is 1. The van der Waals surface area contributed by atoms with Crippen LogP contribution in [0.15, 0.2) is 36.6 Å². The molecule has 4 heterocycles. The van der Waals surface area contributed by atoms with Crippen molar-refractivity contribution in [1.82, 2.24) is 29.5 Å². The van der Waals surface area contributed by atoms with Crippen LogP contribution >= 0.6 is 0 Å². The van der Waals surface area contributed by atoms with Gasteiger partial charge in [-0.15, -0.1) is 0 Å². The Morgan fingerprint density at radius 2 is 2.19 bits per heavy atom. The van der Waals surface area contributed by atoms with Crippen molar-refractivity contribution in [3.63, 3.8) is 0 Å². The first-order chi connectivity index (χ1) is 12.7. The van der Waals surface area contributed by atoms with Crippen LogP contribution in [0.5, 0.6) is 0 Å². The average molecular weight is 349 g/mol. The molecule has 1 aliphatic carbocycles. The van der Waals surface area contributed by atoms with Crippen LogP contribution < -0.4 is 10.6 Å². The maximum absolute atomic E-state index is 11.8. The van der Waals surface area contributed by atoms with E-state index in [2.05, 4.69) is 25.7 Å². The largest absolute Gasteiger partial charge is 0.367 e. The third-order valence-electron chi connectivity index (χ3n) is 4.41. The van der Waals surface area contributed by atoms with Gasteiger partial charge >= 0.3 is 0 Å². The highest BCUT2D eigenvalue weighted by atomic mass is 16.2. The molecule has 3 aromatic rings. The Morgan fingerprint density at radius 3 is 2.88 bits per heavy atom. The summed E-state index contributed by atoms with van der Waals surface area (Å²) in [6.45, 7) is 0. The molecule has 0 radical (unpaired) electrons. The Morgan fingerprint density at radius 1 is 1.31 bits per heavy atom. The molecule has 0 unspecified atom stereocenters. The number of hydrogen-bond acceptors (Lipinski definition) is 6. The van der Waals surface area contributed by atoms with Crippen molar-refractivity contribution in [2.75, 3.05) is 5.32 Å². The van der Waals surface area contributed by atoms with Crippen LogP contribution in [0.4, 0.5) is 5.82 Å².